The zero-order valence-electron chi connectivity index (χ0n) is 14.8. The number of nitrogens with one attached hydrogen (secondary N) is 1. The largest absolute Gasteiger partial charge is 0.573 e. The molecule has 0 radical (unpaired) electrons. The monoisotopic (exact) mass is 374 g/mol. The van der Waals surface area contributed by atoms with Crippen LogP contribution in [-0.4, -0.2) is 56.6 Å². The van der Waals surface area contributed by atoms with Crippen LogP contribution in [0.25, 0.3) is 0 Å². The van der Waals surface area contributed by atoms with Gasteiger partial charge in [0, 0.05) is 19.7 Å². The fourth-order valence-electron chi connectivity index (χ4n) is 2.87. The molecule has 0 spiro atoms. The number of halogens is 3. The summed E-state index contributed by atoms with van der Waals surface area (Å²) >= 11 is 0. The molecule has 1 unspecified atom stereocenters. The van der Waals surface area contributed by atoms with Crippen molar-refractivity contribution in [1.29, 1.82) is 0 Å². The van der Waals surface area contributed by atoms with Gasteiger partial charge in [0.1, 0.15) is 5.75 Å². The molecule has 1 N–H and O–H groups in total. The molecule has 0 aromatic heterocycles. The Morgan fingerprint density at radius 3 is 2.65 bits per heavy atom. The summed E-state index contributed by atoms with van der Waals surface area (Å²) in [4.78, 5) is 13.9. The molecule has 1 heterocycles. The predicted octanol–water partition coefficient (Wildman–Crippen LogP) is 2.74. The van der Waals surface area contributed by atoms with Gasteiger partial charge in [0.05, 0.1) is 12.6 Å². The number of nitrogens with zero attached hydrogens (tertiary/aromatic N) is 1. The van der Waals surface area contributed by atoms with Gasteiger partial charge in [0.15, 0.2) is 0 Å². The molecule has 1 amide bonds. The summed E-state index contributed by atoms with van der Waals surface area (Å²) < 4.78 is 45.8. The van der Waals surface area contributed by atoms with Gasteiger partial charge in [-0.3, -0.25) is 9.69 Å². The van der Waals surface area contributed by atoms with Crippen molar-refractivity contribution >= 4 is 5.91 Å². The number of carbonyl (C=O) groups is 1. The van der Waals surface area contributed by atoms with Gasteiger partial charge in [-0.2, -0.15) is 0 Å². The van der Waals surface area contributed by atoms with E-state index >= 15 is 0 Å². The standard InChI is InChI=1S/C18H25F3N2O3/c1-23(12-16-4-2-3-11-25-16)13-17(24)22-10-9-14-5-7-15(8-6-14)26-18(19,20)21/h5-8,16H,2-4,9-13H2,1H3,(H,22,24). The first-order valence-corrected chi connectivity index (χ1v) is 8.73. The van der Waals surface area contributed by atoms with E-state index in [9.17, 15) is 18.0 Å². The molecule has 26 heavy (non-hydrogen) atoms. The second-order valence-corrected chi connectivity index (χ2v) is 6.48. The van der Waals surface area contributed by atoms with E-state index in [1.165, 1.54) is 12.1 Å². The maximum Gasteiger partial charge on any atom is 0.573 e. The van der Waals surface area contributed by atoms with Crippen LogP contribution >= 0.6 is 0 Å². The molecule has 0 bridgehead atoms. The van der Waals surface area contributed by atoms with Crippen LogP contribution in [0.1, 0.15) is 24.8 Å². The van der Waals surface area contributed by atoms with Crippen LogP contribution in [0.3, 0.4) is 0 Å². The van der Waals surface area contributed by atoms with Gasteiger partial charge >= 0.3 is 6.36 Å². The molecule has 1 aromatic carbocycles. The SMILES string of the molecule is CN(CC(=O)NCCc1ccc(OC(F)(F)F)cc1)CC1CCCCO1. The number of hydrogen-bond donors (Lipinski definition) is 1. The minimum absolute atomic E-state index is 0.0830. The number of hydrogen-bond acceptors (Lipinski definition) is 4. The number of rotatable bonds is 8. The Labute approximate surface area is 151 Å². The fraction of sp³-hybridized carbons (Fsp3) is 0.611. The van der Waals surface area contributed by atoms with Crippen LogP contribution in [-0.2, 0) is 16.0 Å². The Kier molecular flexibility index (Phi) is 7.71. The summed E-state index contributed by atoms with van der Waals surface area (Å²) in [6.45, 7) is 2.23. The van der Waals surface area contributed by atoms with Crippen LogP contribution in [0.5, 0.6) is 5.75 Å². The zero-order chi connectivity index (χ0) is 19.0. The van der Waals surface area contributed by atoms with Crippen molar-refractivity contribution in [3.05, 3.63) is 29.8 Å². The van der Waals surface area contributed by atoms with Gasteiger partial charge in [-0.05, 0) is 50.4 Å². The molecule has 1 saturated heterocycles. The molecular formula is C18H25F3N2O3. The van der Waals surface area contributed by atoms with E-state index in [1.54, 1.807) is 12.1 Å². The summed E-state index contributed by atoms with van der Waals surface area (Å²) in [6, 6.07) is 5.64. The average molecular weight is 374 g/mol. The molecule has 0 saturated carbocycles. The summed E-state index contributed by atoms with van der Waals surface area (Å²) in [5.41, 5.74) is 0.823. The Hall–Kier alpha value is -1.80. The van der Waals surface area contributed by atoms with E-state index < -0.39 is 6.36 Å². The Bertz CT molecular complexity index is 558. The van der Waals surface area contributed by atoms with Crippen molar-refractivity contribution in [2.75, 3.05) is 33.3 Å². The molecule has 1 fully saturated rings. The number of benzene rings is 1. The van der Waals surface area contributed by atoms with E-state index in [0.29, 0.717) is 13.0 Å². The third-order valence-corrected chi connectivity index (χ3v) is 4.10. The summed E-state index contributed by atoms with van der Waals surface area (Å²) in [7, 11) is 1.89. The molecular weight excluding hydrogens is 349 g/mol. The normalized spacial score (nSPS) is 18.0. The first-order valence-electron chi connectivity index (χ1n) is 8.73. The molecule has 1 atom stereocenters. The minimum atomic E-state index is -4.69. The van der Waals surface area contributed by atoms with Crippen molar-refractivity contribution in [3.8, 4) is 5.75 Å². The minimum Gasteiger partial charge on any atom is -0.406 e. The summed E-state index contributed by atoms with van der Waals surface area (Å²) in [5.74, 6) is -0.336. The Balaban J connectivity index is 1.64. The van der Waals surface area contributed by atoms with E-state index in [2.05, 4.69) is 10.1 Å². The maximum absolute atomic E-state index is 12.1. The quantitative estimate of drug-likeness (QED) is 0.760. The highest BCUT2D eigenvalue weighted by molar-refractivity contribution is 5.77. The van der Waals surface area contributed by atoms with Crippen molar-refractivity contribution in [2.24, 2.45) is 0 Å². The molecule has 5 nitrogen and oxygen atoms in total. The van der Waals surface area contributed by atoms with Crippen LogP contribution < -0.4 is 10.1 Å². The second-order valence-electron chi connectivity index (χ2n) is 6.48. The zero-order valence-corrected chi connectivity index (χ0v) is 14.8. The molecule has 0 aliphatic carbocycles. The van der Waals surface area contributed by atoms with Crippen LogP contribution in [0.2, 0.25) is 0 Å². The first kappa shape index (κ1) is 20.5. The second kappa shape index (κ2) is 9.78. The van der Waals surface area contributed by atoms with Crippen LogP contribution in [0.15, 0.2) is 24.3 Å². The van der Waals surface area contributed by atoms with Crippen molar-refractivity contribution < 1.29 is 27.4 Å². The lowest BCUT2D eigenvalue weighted by Crippen LogP contribution is -2.40. The van der Waals surface area contributed by atoms with E-state index in [-0.39, 0.29) is 24.3 Å². The van der Waals surface area contributed by atoms with Crippen LogP contribution in [0.4, 0.5) is 13.2 Å². The smallest absolute Gasteiger partial charge is 0.406 e. The summed E-state index contributed by atoms with van der Waals surface area (Å²) in [6.07, 6.45) is -0.668. The maximum atomic E-state index is 12.1. The Morgan fingerprint density at radius 1 is 1.31 bits per heavy atom. The molecule has 146 valence electrons. The number of ether oxygens (including phenoxy) is 2. The third kappa shape index (κ3) is 8.05. The van der Waals surface area contributed by atoms with Gasteiger partial charge in [-0.1, -0.05) is 12.1 Å². The highest BCUT2D eigenvalue weighted by atomic mass is 19.4. The lowest BCUT2D eigenvalue weighted by Gasteiger charge is -2.27. The van der Waals surface area contributed by atoms with Crippen molar-refractivity contribution in [1.82, 2.24) is 10.2 Å². The molecule has 1 aliphatic rings. The molecule has 2 rings (SSSR count). The topological polar surface area (TPSA) is 50.8 Å². The van der Waals surface area contributed by atoms with Gasteiger partial charge < -0.3 is 14.8 Å². The van der Waals surface area contributed by atoms with Gasteiger partial charge in [0.2, 0.25) is 5.91 Å². The molecule has 1 aromatic rings. The predicted molar refractivity (Wildman–Crippen MR) is 90.9 cm³/mol. The number of amides is 1. The van der Waals surface area contributed by atoms with Gasteiger partial charge in [-0.25, -0.2) is 0 Å². The Morgan fingerprint density at radius 2 is 2.04 bits per heavy atom. The molecule has 8 heteroatoms. The first-order chi connectivity index (χ1) is 12.3. The number of carbonyl (C=O) groups excluding carboxylic acids is 1. The van der Waals surface area contributed by atoms with Crippen molar-refractivity contribution in [2.45, 2.75) is 38.1 Å². The van der Waals surface area contributed by atoms with Gasteiger partial charge in [-0.15, -0.1) is 13.2 Å². The highest BCUT2D eigenvalue weighted by Gasteiger charge is 2.30. The van der Waals surface area contributed by atoms with Crippen molar-refractivity contribution in [3.63, 3.8) is 0 Å². The lowest BCUT2D eigenvalue weighted by molar-refractivity contribution is -0.274. The summed E-state index contributed by atoms with van der Waals surface area (Å²) in [5, 5.41) is 2.82. The highest BCUT2D eigenvalue weighted by Crippen LogP contribution is 2.22. The van der Waals surface area contributed by atoms with E-state index in [4.69, 9.17) is 4.74 Å². The van der Waals surface area contributed by atoms with Gasteiger partial charge in [0.25, 0.3) is 0 Å². The van der Waals surface area contributed by atoms with E-state index in [1.807, 2.05) is 11.9 Å². The lowest BCUT2D eigenvalue weighted by atomic mass is 10.1. The number of alkyl halides is 3. The third-order valence-electron chi connectivity index (χ3n) is 4.10. The molecule has 1 aliphatic heterocycles. The van der Waals surface area contributed by atoms with E-state index in [0.717, 1.165) is 38.0 Å². The average Bonchev–Trinajstić information content (AvgIpc) is 2.56. The number of likely N-dealkylation sites (N-methyl/N-ethyl adjacent to an activating group) is 1. The fourth-order valence-corrected chi connectivity index (χ4v) is 2.87. The van der Waals surface area contributed by atoms with Crippen LogP contribution in [0, 0.1) is 0 Å².